The van der Waals surface area contributed by atoms with Crippen molar-refractivity contribution in [3.63, 3.8) is 0 Å². The summed E-state index contributed by atoms with van der Waals surface area (Å²) in [5.74, 6) is -3.07. The second-order valence-corrected chi connectivity index (χ2v) is 8.18. The fourth-order valence-corrected chi connectivity index (χ4v) is 3.88. The van der Waals surface area contributed by atoms with E-state index in [4.69, 9.17) is 10.5 Å². The molecule has 1 atom stereocenters. The number of hydrogen-bond donors (Lipinski definition) is 2. The Morgan fingerprint density at radius 3 is 2.58 bits per heavy atom. The largest absolute Gasteiger partial charge is 0.488 e. The van der Waals surface area contributed by atoms with Crippen LogP contribution in [0.1, 0.15) is 55.8 Å². The molecule has 0 unspecified atom stereocenters. The maximum Gasteiger partial charge on any atom is 0.421 e. The van der Waals surface area contributed by atoms with Crippen LogP contribution < -0.4 is 15.8 Å². The molecule has 2 fully saturated rings. The Balaban J connectivity index is 1.59. The second-order valence-electron chi connectivity index (χ2n) is 8.18. The lowest BCUT2D eigenvalue weighted by Gasteiger charge is -2.27. The number of anilines is 3. The maximum absolute atomic E-state index is 13.5. The average molecular weight is 446 g/mol. The fraction of sp³-hybridized carbons (Fsp3) is 0.632. The lowest BCUT2D eigenvalue weighted by atomic mass is 9.93. The molecule has 2 aliphatic rings. The monoisotopic (exact) mass is 446 g/mol. The molecule has 2 aliphatic carbocycles. The zero-order valence-electron chi connectivity index (χ0n) is 16.8. The highest BCUT2D eigenvalue weighted by molar-refractivity contribution is 5.61. The highest BCUT2D eigenvalue weighted by Gasteiger charge is 2.40. The molecule has 3 N–H and O–H groups in total. The smallest absolute Gasteiger partial charge is 0.421 e. The van der Waals surface area contributed by atoms with Gasteiger partial charge in [-0.15, -0.1) is 0 Å². The predicted octanol–water partition coefficient (Wildman–Crippen LogP) is 4.87. The number of nitrogens with one attached hydrogen (secondary N) is 1. The van der Waals surface area contributed by atoms with Crippen LogP contribution >= 0.6 is 0 Å². The Morgan fingerprint density at radius 2 is 2.03 bits per heavy atom. The van der Waals surface area contributed by atoms with Gasteiger partial charge in [0.1, 0.15) is 17.1 Å². The summed E-state index contributed by atoms with van der Waals surface area (Å²) >= 11 is 0. The SMILES string of the molecule is Cc1nn(C2CCC2)c(Nc2ncc(C(F)(F)F)c(N)n2)c1OC[C@H]1CCC(F)(F)C1. The van der Waals surface area contributed by atoms with Gasteiger partial charge in [0.2, 0.25) is 11.9 Å². The molecule has 0 bridgehead atoms. The Bertz CT molecular complexity index is 956. The van der Waals surface area contributed by atoms with Crippen molar-refractivity contribution in [2.75, 3.05) is 17.7 Å². The molecular weight excluding hydrogens is 423 g/mol. The fourth-order valence-electron chi connectivity index (χ4n) is 3.88. The molecule has 2 aromatic rings. The van der Waals surface area contributed by atoms with Crippen LogP contribution in [0, 0.1) is 12.8 Å². The number of alkyl halides is 5. The summed E-state index contributed by atoms with van der Waals surface area (Å²) in [7, 11) is 0. The van der Waals surface area contributed by atoms with Crippen molar-refractivity contribution in [1.29, 1.82) is 0 Å². The summed E-state index contributed by atoms with van der Waals surface area (Å²) in [4.78, 5) is 7.46. The quantitative estimate of drug-likeness (QED) is 0.616. The van der Waals surface area contributed by atoms with Gasteiger partial charge in [0.05, 0.1) is 12.6 Å². The van der Waals surface area contributed by atoms with Crippen LogP contribution in [0.5, 0.6) is 5.75 Å². The van der Waals surface area contributed by atoms with Gasteiger partial charge < -0.3 is 15.8 Å². The zero-order valence-corrected chi connectivity index (χ0v) is 16.8. The van der Waals surface area contributed by atoms with E-state index in [-0.39, 0.29) is 37.4 Å². The third-order valence-corrected chi connectivity index (χ3v) is 5.77. The molecule has 12 heteroatoms. The maximum atomic E-state index is 13.5. The molecule has 170 valence electrons. The molecule has 0 amide bonds. The van der Waals surface area contributed by atoms with Crippen LogP contribution in [0.25, 0.3) is 0 Å². The van der Waals surface area contributed by atoms with E-state index in [0.29, 0.717) is 29.9 Å². The number of hydrogen-bond acceptors (Lipinski definition) is 6. The minimum Gasteiger partial charge on any atom is -0.488 e. The molecule has 4 rings (SSSR count). The van der Waals surface area contributed by atoms with Crippen molar-refractivity contribution < 1.29 is 26.7 Å². The number of ether oxygens (including phenoxy) is 1. The molecule has 2 saturated carbocycles. The van der Waals surface area contributed by atoms with Gasteiger partial charge in [-0.25, -0.2) is 18.4 Å². The van der Waals surface area contributed by atoms with Gasteiger partial charge in [0.25, 0.3) is 0 Å². The van der Waals surface area contributed by atoms with E-state index >= 15 is 0 Å². The third kappa shape index (κ3) is 4.52. The Labute approximate surface area is 175 Å². The van der Waals surface area contributed by atoms with Crippen molar-refractivity contribution in [2.45, 2.75) is 63.6 Å². The topological polar surface area (TPSA) is 90.9 Å². The zero-order chi connectivity index (χ0) is 22.4. The minimum absolute atomic E-state index is 0.0947. The number of nitrogen functional groups attached to an aromatic ring is 1. The average Bonchev–Trinajstić information content (AvgIpc) is 3.10. The molecule has 0 aliphatic heterocycles. The molecule has 0 radical (unpaired) electrons. The molecule has 31 heavy (non-hydrogen) atoms. The van der Waals surface area contributed by atoms with Crippen LogP contribution in [-0.4, -0.2) is 32.3 Å². The first-order valence-electron chi connectivity index (χ1n) is 10.1. The van der Waals surface area contributed by atoms with Gasteiger partial charge in [-0.05, 0) is 38.5 Å². The molecule has 2 aromatic heterocycles. The number of nitrogens with zero attached hydrogens (tertiary/aromatic N) is 4. The van der Waals surface area contributed by atoms with Gasteiger partial charge in [-0.1, -0.05) is 0 Å². The highest BCUT2D eigenvalue weighted by Crippen LogP contribution is 2.42. The summed E-state index contributed by atoms with van der Waals surface area (Å²) in [6, 6.07) is 0.0983. The summed E-state index contributed by atoms with van der Waals surface area (Å²) in [5.41, 5.74) is 4.89. The second kappa shape index (κ2) is 7.79. The van der Waals surface area contributed by atoms with Crippen molar-refractivity contribution in [3.05, 3.63) is 17.5 Å². The van der Waals surface area contributed by atoms with Crippen molar-refractivity contribution in [3.8, 4) is 5.75 Å². The molecular formula is C19H23F5N6O. The third-order valence-electron chi connectivity index (χ3n) is 5.77. The van der Waals surface area contributed by atoms with Crippen LogP contribution in [-0.2, 0) is 6.18 Å². The molecule has 0 spiro atoms. The normalized spacial score (nSPS) is 21.2. The van der Waals surface area contributed by atoms with E-state index < -0.39 is 23.5 Å². The van der Waals surface area contributed by atoms with E-state index in [1.165, 1.54) is 0 Å². The van der Waals surface area contributed by atoms with E-state index in [9.17, 15) is 22.0 Å². The molecule has 0 saturated heterocycles. The van der Waals surface area contributed by atoms with E-state index in [1.54, 1.807) is 11.6 Å². The van der Waals surface area contributed by atoms with Gasteiger partial charge in [-0.3, -0.25) is 0 Å². The summed E-state index contributed by atoms with van der Waals surface area (Å²) < 4.78 is 73.4. The van der Waals surface area contributed by atoms with E-state index in [0.717, 1.165) is 19.3 Å². The van der Waals surface area contributed by atoms with Crippen LogP contribution in [0.2, 0.25) is 0 Å². The molecule has 2 heterocycles. The lowest BCUT2D eigenvalue weighted by molar-refractivity contribution is -0.137. The summed E-state index contributed by atoms with van der Waals surface area (Å²) in [6.07, 6.45) is -1.27. The predicted molar refractivity (Wildman–Crippen MR) is 102 cm³/mol. The van der Waals surface area contributed by atoms with Gasteiger partial charge in [0, 0.05) is 19.0 Å². The standard InChI is InChI=1S/C19H23F5N6O/c1-10-14(31-9-11-5-6-18(20,21)7-11)16(30(29-10)12-3-2-4-12)28-17-26-8-13(15(25)27-17)19(22,23)24/h8,11-12H,2-7,9H2,1H3,(H3,25,26,27,28)/t11-/m0/s1. The van der Waals surface area contributed by atoms with Crippen LogP contribution in [0.4, 0.5) is 39.5 Å². The number of rotatable bonds is 6. The van der Waals surface area contributed by atoms with Crippen molar-refractivity contribution >= 4 is 17.6 Å². The van der Waals surface area contributed by atoms with E-state index in [2.05, 4.69) is 20.4 Å². The highest BCUT2D eigenvalue weighted by atomic mass is 19.4. The van der Waals surface area contributed by atoms with Crippen molar-refractivity contribution in [2.24, 2.45) is 5.92 Å². The van der Waals surface area contributed by atoms with Crippen molar-refractivity contribution in [1.82, 2.24) is 19.7 Å². The summed E-state index contributed by atoms with van der Waals surface area (Å²) in [6.45, 7) is 1.82. The van der Waals surface area contributed by atoms with Gasteiger partial charge in [-0.2, -0.15) is 23.3 Å². The van der Waals surface area contributed by atoms with Crippen LogP contribution in [0.3, 0.4) is 0 Å². The van der Waals surface area contributed by atoms with Gasteiger partial charge in [0.15, 0.2) is 11.6 Å². The number of aromatic nitrogens is 4. The Hall–Kier alpha value is -2.66. The summed E-state index contributed by atoms with van der Waals surface area (Å²) in [5, 5.41) is 7.38. The Morgan fingerprint density at radius 1 is 1.29 bits per heavy atom. The molecule has 0 aromatic carbocycles. The first-order chi connectivity index (χ1) is 14.5. The minimum atomic E-state index is -4.66. The number of nitrogens with two attached hydrogens (primary N) is 1. The number of halogens is 5. The lowest BCUT2D eigenvalue weighted by Crippen LogP contribution is -2.20. The van der Waals surface area contributed by atoms with Crippen LogP contribution in [0.15, 0.2) is 6.20 Å². The first kappa shape index (κ1) is 21.6. The number of aryl methyl sites for hydroxylation is 1. The van der Waals surface area contributed by atoms with E-state index in [1.807, 2.05) is 0 Å². The van der Waals surface area contributed by atoms with Gasteiger partial charge >= 0.3 is 6.18 Å². The molecule has 7 nitrogen and oxygen atoms in total. The Kier molecular flexibility index (Phi) is 5.42. The first-order valence-corrected chi connectivity index (χ1v) is 10.1.